The van der Waals surface area contributed by atoms with Crippen LogP contribution in [0.5, 0.6) is 0 Å². The molecule has 9 heteroatoms. The Morgan fingerprint density at radius 1 is 1.30 bits per heavy atom. The lowest BCUT2D eigenvalue weighted by molar-refractivity contribution is -0.116. The highest BCUT2D eigenvalue weighted by Gasteiger charge is 2.13. The van der Waals surface area contributed by atoms with Crippen molar-refractivity contribution < 1.29 is 13.2 Å². The number of anilines is 1. The normalized spacial score (nSPS) is 10.1. The van der Waals surface area contributed by atoms with E-state index >= 15 is 0 Å². The number of amides is 1. The number of hydrogen-bond donors (Lipinski definition) is 3. The van der Waals surface area contributed by atoms with Crippen LogP contribution in [0.15, 0.2) is 41.8 Å². The monoisotopic (exact) mass is 383 g/mol. The smallest absolute Gasteiger partial charge is 0.240 e. The van der Waals surface area contributed by atoms with Gasteiger partial charge in [0, 0.05) is 25.2 Å². The molecular formula is C14H23Cl2N3O3S. The molecule has 0 saturated heterocycles. The minimum atomic E-state index is -3.60. The topological polar surface area (TPSA) is 101 Å². The fraction of sp³-hybridized carbons (Fsp3) is 0.357. The highest BCUT2D eigenvalue weighted by atomic mass is 35.5. The van der Waals surface area contributed by atoms with Gasteiger partial charge in [-0.05, 0) is 31.0 Å². The number of rotatable bonds is 9. The van der Waals surface area contributed by atoms with E-state index in [1.165, 1.54) is 12.1 Å². The predicted octanol–water partition coefficient (Wildman–Crippen LogP) is 2.06. The Labute approximate surface area is 149 Å². The van der Waals surface area contributed by atoms with Crippen LogP contribution >= 0.6 is 24.8 Å². The van der Waals surface area contributed by atoms with E-state index in [0.29, 0.717) is 18.5 Å². The summed E-state index contributed by atoms with van der Waals surface area (Å²) in [6.07, 6.45) is 3.61. The second-order valence-electron chi connectivity index (χ2n) is 4.44. The molecule has 1 rings (SSSR count). The Bertz CT molecular complexity index is 595. The maximum Gasteiger partial charge on any atom is 0.240 e. The Hall–Kier alpha value is -1.12. The number of unbranched alkanes of at least 4 members (excludes halogenated alkanes) is 1. The van der Waals surface area contributed by atoms with Crippen LogP contribution < -0.4 is 15.8 Å². The molecule has 1 aromatic rings. The second kappa shape index (κ2) is 12.3. The first-order chi connectivity index (χ1) is 9.99. The molecule has 0 aromatic heterocycles. The van der Waals surface area contributed by atoms with Gasteiger partial charge in [-0.25, -0.2) is 13.1 Å². The van der Waals surface area contributed by atoms with Gasteiger partial charge in [0.05, 0.1) is 4.90 Å². The number of allylic oxidation sites excluding steroid dienone is 1. The van der Waals surface area contributed by atoms with Gasteiger partial charge in [0.25, 0.3) is 0 Å². The number of carbonyl (C=O) groups is 1. The molecular weight excluding hydrogens is 361 g/mol. The maximum absolute atomic E-state index is 11.9. The van der Waals surface area contributed by atoms with E-state index in [0.717, 1.165) is 6.42 Å². The highest BCUT2D eigenvalue weighted by molar-refractivity contribution is 7.89. The molecule has 0 heterocycles. The van der Waals surface area contributed by atoms with E-state index in [2.05, 4.69) is 16.6 Å². The van der Waals surface area contributed by atoms with Crippen molar-refractivity contribution in [3.63, 3.8) is 0 Å². The summed E-state index contributed by atoms with van der Waals surface area (Å²) in [4.78, 5) is 11.8. The first-order valence-electron chi connectivity index (χ1n) is 6.70. The third-order valence-electron chi connectivity index (χ3n) is 2.68. The van der Waals surface area contributed by atoms with Crippen molar-refractivity contribution in [2.75, 3.05) is 18.4 Å². The molecule has 0 radical (unpaired) electrons. The molecule has 1 amide bonds. The molecule has 4 N–H and O–H groups in total. The van der Waals surface area contributed by atoms with Crippen molar-refractivity contribution in [1.82, 2.24) is 4.72 Å². The highest BCUT2D eigenvalue weighted by Crippen LogP contribution is 2.15. The van der Waals surface area contributed by atoms with Gasteiger partial charge >= 0.3 is 0 Å². The van der Waals surface area contributed by atoms with Crippen LogP contribution in [-0.2, 0) is 14.8 Å². The summed E-state index contributed by atoms with van der Waals surface area (Å²) in [5.41, 5.74) is 5.73. The minimum Gasteiger partial charge on any atom is -0.329 e. The van der Waals surface area contributed by atoms with Crippen molar-refractivity contribution in [1.29, 1.82) is 0 Å². The van der Waals surface area contributed by atoms with Crippen molar-refractivity contribution in [2.45, 2.75) is 24.2 Å². The predicted molar refractivity (Wildman–Crippen MR) is 97.9 cm³/mol. The molecule has 0 fully saturated rings. The zero-order valence-corrected chi connectivity index (χ0v) is 15.1. The minimum absolute atomic E-state index is 0. The summed E-state index contributed by atoms with van der Waals surface area (Å²) >= 11 is 0. The molecule has 0 atom stereocenters. The second-order valence-corrected chi connectivity index (χ2v) is 6.21. The van der Waals surface area contributed by atoms with E-state index in [1.807, 2.05) is 0 Å². The molecule has 0 aliphatic heterocycles. The molecule has 0 unspecified atom stereocenters. The maximum atomic E-state index is 11.9. The van der Waals surface area contributed by atoms with E-state index < -0.39 is 10.0 Å². The molecule has 0 spiro atoms. The van der Waals surface area contributed by atoms with E-state index in [1.54, 1.807) is 18.2 Å². The van der Waals surface area contributed by atoms with Crippen LogP contribution in [0.4, 0.5) is 5.69 Å². The lowest BCUT2D eigenvalue weighted by Crippen LogP contribution is -2.29. The van der Waals surface area contributed by atoms with Gasteiger partial charge in [-0.2, -0.15) is 0 Å². The van der Waals surface area contributed by atoms with Crippen molar-refractivity contribution in [3.05, 3.63) is 36.9 Å². The number of sulfonamides is 1. The third-order valence-corrected chi connectivity index (χ3v) is 4.14. The number of hydrogen-bond acceptors (Lipinski definition) is 4. The van der Waals surface area contributed by atoms with E-state index in [9.17, 15) is 13.2 Å². The average molecular weight is 384 g/mol. The lowest BCUT2D eigenvalue weighted by Gasteiger charge is -2.09. The Morgan fingerprint density at radius 3 is 2.61 bits per heavy atom. The van der Waals surface area contributed by atoms with Crippen LogP contribution in [0.3, 0.4) is 0 Å². The molecule has 23 heavy (non-hydrogen) atoms. The SMILES string of the molecule is C=CCCCC(=O)Nc1cccc(S(=O)(=O)NCCN)c1.Cl.Cl. The van der Waals surface area contributed by atoms with Gasteiger partial charge in [0.15, 0.2) is 0 Å². The standard InChI is InChI=1S/C14H21N3O3S.2ClH/c1-2-3-4-8-14(18)17-12-6-5-7-13(11-12)21(19,20)16-10-9-15;;/h2,5-7,11,16H,1,3-4,8-10,15H2,(H,17,18);2*1H. The summed E-state index contributed by atoms with van der Waals surface area (Å²) in [5.74, 6) is -0.152. The van der Waals surface area contributed by atoms with E-state index in [4.69, 9.17) is 5.73 Å². The number of nitrogens with two attached hydrogens (primary N) is 1. The molecule has 0 aliphatic carbocycles. The van der Waals surface area contributed by atoms with Gasteiger partial charge < -0.3 is 11.1 Å². The number of nitrogens with one attached hydrogen (secondary N) is 2. The fourth-order valence-corrected chi connectivity index (χ4v) is 2.74. The summed E-state index contributed by atoms with van der Waals surface area (Å²) < 4.78 is 26.3. The van der Waals surface area contributed by atoms with Crippen LogP contribution in [0.2, 0.25) is 0 Å². The van der Waals surface area contributed by atoms with Crippen LogP contribution in [-0.4, -0.2) is 27.4 Å². The fourth-order valence-electron chi connectivity index (χ4n) is 1.65. The summed E-state index contributed by atoms with van der Waals surface area (Å²) in [6.45, 7) is 3.98. The van der Waals surface area contributed by atoms with Crippen LogP contribution in [0.25, 0.3) is 0 Å². The average Bonchev–Trinajstić information content (AvgIpc) is 2.46. The zero-order chi connectivity index (χ0) is 15.7. The molecule has 0 bridgehead atoms. The number of carbonyl (C=O) groups excluding carboxylic acids is 1. The largest absolute Gasteiger partial charge is 0.329 e. The Morgan fingerprint density at radius 2 is 2.00 bits per heavy atom. The number of benzene rings is 1. The quantitative estimate of drug-likeness (QED) is 0.448. The van der Waals surface area contributed by atoms with Crippen molar-refractivity contribution in [3.8, 4) is 0 Å². The summed E-state index contributed by atoms with van der Waals surface area (Å²) in [7, 11) is -3.60. The van der Waals surface area contributed by atoms with Crippen molar-refractivity contribution >= 4 is 46.4 Å². The Balaban J connectivity index is 0. The Kier molecular flexibility index (Phi) is 12.9. The van der Waals surface area contributed by atoms with E-state index in [-0.39, 0.29) is 48.7 Å². The zero-order valence-electron chi connectivity index (χ0n) is 12.7. The van der Waals surface area contributed by atoms with Gasteiger partial charge in [-0.3, -0.25) is 4.79 Å². The first-order valence-corrected chi connectivity index (χ1v) is 8.18. The molecule has 132 valence electrons. The summed E-state index contributed by atoms with van der Waals surface area (Å²) in [6, 6.07) is 6.11. The third kappa shape index (κ3) is 8.92. The van der Waals surface area contributed by atoms with Crippen LogP contribution in [0, 0.1) is 0 Å². The van der Waals surface area contributed by atoms with Gasteiger partial charge in [0.1, 0.15) is 0 Å². The van der Waals surface area contributed by atoms with Gasteiger partial charge in [-0.15, -0.1) is 31.4 Å². The van der Waals surface area contributed by atoms with Gasteiger partial charge in [0.2, 0.25) is 15.9 Å². The molecule has 1 aromatic carbocycles. The summed E-state index contributed by atoms with van der Waals surface area (Å²) in [5, 5.41) is 2.68. The van der Waals surface area contributed by atoms with Crippen molar-refractivity contribution in [2.24, 2.45) is 5.73 Å². The molecule has 0 saturated carbocycles. The lowest BCUT2D eigenvalue weighted by atomic mass is 10.2. The van der Waals surface area contributed by atoms with Gasteiger partial charge in [-0.1, -0.05) is 12.1 Å². The number of halogens is 2. The molecule has 0 aliphatic rings. The molecule has 6 nitrogen and oxygen atoms in total. The first kappa shape index (κ1) is 24.1. The van der Waals surface area contributed by atoms with Crippen LogP contribution in [0.1, 0.15) is 19.3 Å².